The van der Waals surface area contributed by atoms with Gasteiger partial charge in [0.25, 0.3) is 0 Å². The van der Waals surface area contributed by atoms with Crippen molar-refractivity contribution in [1.29, 1.82) is 0 Å². The van der Waals surface area contributed by atoms with Crippen LogP contribution < -0.4 is 10.6 Å². The van der Waals surface area contributed by atoms with Gasteiger partial charge in [-0.25, -0.2) is 4.79 Å². The molecule has 0 aromatic heterocycles. The third kappa shape index (κ3) is 7.32. The van der Waals surface area contributed by atoms with Crippen LogP contribution in [0, 0.1) is 5.92 Å². The van der Waals surface area contributed by atoms with Crippen LogP contribution in [0.25, 0.3) is 0 Å². The van der Waals surface area contributed by atoms with E-state index in [1.165, 1.54) is 0 Å². The van der Waals surface area contributed by atoms with Crippen molar-refractivity contribution in [1.82, 2.24) is 10.6 Å². The molecule has 0 radical (unpaired) electrons. The Balaban J connectivity index is 2.11. The lowest BCUT2D eigenvalue weighted by atomic mass is 9.89. The van der Waals surface area contributed by atoms with Crippen LogP contribution in [-0.4, -0.2) is 42.9 Å². The highest BCUT2D eigenvalue weighted by Gasteiger charge is 2.29. The molecule has 0 saturated heterocycles. The minimum absolute atomic E-state index is 0.136. The fourth-order valence-corrected chi connectivity index (χ4v) is 2.67. The van der Waals surface area contributed by atoms with E-state index in [2.05, 4.69) is 17.6 Å². The molecule has 1 aliphatic carbocycles. The second-order valence-corrected chi connectivity index (χ2v) is 5.80. The molecule has 1 rings (SSSR count). The van der Waals surface area contributed by atoms with Crippen LogP contribution in [0.5, 0.6) is 0 Å². The first-order valence-corrected chi connectivity index (χ1v) is 7.84. The number of amides is 2. The molecule has 6 heteroatoms. The number of nitrogens with one attached hydrogen (secondary N) is 2. The summed E-state index contributed by atoms with van der Waals surface area (Å²) < 4.78 is 5.16. The van der Waals surface area contributed by atoms with E-state index in [1.807, 2.05) is 0 Å². The molecular weight excluding hydrogens is 272 g/mol. The molecule has 0 aromatic rings. The van der Waals surface area contributed by atoms with E-state index >= 15 is 0 Å². The predicted octanol–water partition coefficient (Wildman–Crippen LogP) is 2.13. The van der Waals surface area contributed by atoms with Crippen LogP contribution in [0.1, 0.15) is 51.9 Å². The van der Waals surface area contributed by atoms with Crippen LogP contribution in [0.2, 0.25) is 0 Å². The van der Waals surface area contributed by atoms with Gasteiger partial charge in [-0.05, 0) is 31.6 Å². The first-order chi connectivity index (χ1) is 10.0. The maximum absolute atomic E-state index is 11.7. The summed E-state index contributed by atoms with van der Waals surface area (Å²) in [4.78, 5) is 22.3. The Morgan fingerprint density at radius 3 is 2.57 bits per heavy atom. The Labute approximate surface area is 126 Å². The first kappa shape index (κ1) is 17.8. The van der Waals surface area contributed by atoms with Crippen LogP contribution in [0.3, 0.4) is 0 Å². The largest absolute Gasteiger partial charge is 0.481 e. The number of hydrogen-bond acceptors (Lipinski definition) is 3. The van der Waals surface area contributed by atoms with Gasteiger partial charge in [-0.3, -0.25) is 4.79 Å². The number of carboxylic acids is 1. The molecule has 0 spiro atoms. The lowest BCUT2D eigenvalue weighted by molar-refractivity contribution is -0.137. The summed E-state index contributed by atoms with van der Waals surface area (Å²) in [5.74, 6) is -0.382. The first-order valence-electron chi connectivity index (χ1n) is 7.84. The number of carbonyl (C=O) groups excluding carboxylic acids is 1. The molecule has 1 aliphatic rings. The molecule has 0 aromatic carbocycles. The van der Waals surface area contributed by atoms with Gasteiger partial charge in [0, 0.05) is 26.1 Å². The average Bonchev–Trinajstić information content (AvgIpc) is 2.39. The van der Waals surface area contributed by atoms with E-state index in [0.717, 1.165) is 32.1 Å². The van der Waals surface area contributed by atoms with Crippen LogP contribution in [0.4, 0.5) is 4.79 Å². The normalized spacial score (nSPS) is 22.2. The minimum atomic E-state index is -0.750. The summed E-state index contributed by atoms with van der Waals surface area (Å²) >= 11 is 0. The van der Waals surface area contributed by atoms with Gasteiger partial charge in [0.2, 0.25) is 0 Å². The number of rotatable bonds is 10. The molecule has 0 heterocycles. The predicted molar refractivity (Wildman–Crippen MR) is 80.2 cm³/mol. The molecule has 3 N–H and O–H groups in total. The molecule has 2 amide bonds. The molecule has 0 aliphatic heterocycles. The summed E-state index contributed by atoms with van der Waals surface area (Å²) in [7, 11) is 1.69. The van der Waals surface area contributed by atoms with E-state index in [4.69, 9.17) is 9.84 Å². The Morgan fingerprint density at radius 2 is 2.00 bits per heavy atom. The van der Waals surface area contributed by atoms with E-state index in [-0.39, 0.29) is 24.6 Å². The average molecular weight is 300 g/mol. The standard InChI is InChI=1S/C15H28N2O4/c1-3-4-11(5-6-14(18)19)7-8-16-15(20)17-12-9-13(10-12)21-2/h11-13H,3-10H2,1-2H3,(H,18,19)(H2,16,17,20). The number of carboxylic acid groups (broad SMARTS) is 1. The lowest BCUT2D eigenvalue weighted by Gasteiger charge is -2.34. The van der Waals surface area contributed by atoms with Crippen molar-refractivity contribution in [3.63, 3.8) is 0 Å². The molecular formula is C15H28N2O4. The van der Waals surface area contributed by atoms with E-state index in [1.54, 1.807) is 7.11 Å². The zero-order chi connectivity index (χ0) is 15.7. The van der Waals surface area contributed by atoms with Gasteiger partial charge >= 0.3 is 12.0 Å². The molecule has 1 atom stereocenters. The van der Waals surface area contributed by atoms with E-state index < -0.39 is 5.97 Å². The summed E-state index contributed by atoms with van der Waals surface area (Å²) in [6.45, 7) is 2.69. The molecule has 122 valence electrons. The lowest BCUT2D eigenvalue weighted by Crippen LogP contribution is -2.50. The summed E-state index contributed by atoms with van der Waals surface area (Å²) in [6, 6.07) is 0.0800. The second kappa shape index (κ2) is 9.60. The number of hydrogen-bond donors (Lipinski definition) is 3. The van der Waals surface area contributed by atoms with Gasteiger partial charge in [-0.15, -0.1) is 0 Å². The molecule has 0 bridgehead atoms. The number of ether oxygens (including phenoxy) is 1. The molecule has 1 fully saturated rings. The Morgan fingerprint density at radius 1 is 1.29 bits per heavy atom. The van der Waals surface area contributed by atoms with E-state index in [0.29, 0.717) is 18.9 Å². The van der Waals surface area contributed by atoms with Crippen molar-refractivity contribution in [2.24, 2.45) is 5.92 Å². The third-order valence-electron chi connectivity index (χ3n) is 4.06. The topological polar surface area (TPSA) is 87.7 Å². The quantitative estimate of drug-likeness (QED) is 0.577. The highest BCUT2D eigenvalue weighted by atomic mass is 16.5. The maximum atomic E-state index is 11.7. The fourth-order valence-electron chi connectivity index (χ4n) is 2.67. The van der Waals surface area contributed by atoms with Crippen molar-refractivity contribution in [3.05, 3.63) is 0 Å². The maximum Gasteiger partial charge on any atom is 0.315 e. The van der Waals surface area contributed by atoms with Gasteiger partial charge in [-0.1, -0.05) is 19.8 Å². The minimum Gasteiger partial charge on any atom is -0.481 e. The number of carbonyl (C=O) groups is 2. The Bertz CT molecular complexity index is 330. The summed E-state index contributed by atoms with van der Waals surface area (Å²) in [5, 5.41) is 14.5. The van der Waals surface area contributed by atoms with Gasteiger partial charge in [0.1, 0.15) is 0 Å². The van der Waals surface area contributed by atoms with Gasteiger partial charge in [0.05, 0.1) is 6.10 Å². The number of methoxy groups -OCH3 is 1. The van der Waals surface area contributed by atoms with Crippen molar-refractivity contribution in [2.75, 3.05) is 13.7 Å². The fraction of sp³-hybridized carbons (Fsp3) is 0.867. The smallest absolute Gasteiger partial charge is 0.315 e. The molecule has 6 nitrogen and oxygen atoms in total. The van der Waals surface area contributed by atoms with Gasteiger partial charge < -0.3 is 20.5 Å². The third-order valence-corrected chi connectivity index (χ3v) is 4.06. The van der Waals surface area contributed by atoms with E-state index in [9.17, 15) is 9.59 Å². The molecule has 21 heavy (non-hydrogen) atoms. The Kier molecular flexibility index (Phi) is 8.12. The second-order valence-electron chi connectivity index (χ2n) is 5.80. The Hall–Kier alpha value is -1.30. The SMILES string of the molecule is CCCC(CCNC(=O)NC1CC(OC)C1)CCC(=O)O. The van der Waals surface area contributed by atoms with Crippen LogP contribution in [-0.2, 0) is 9.53 Å². The highest BCUT2D eigenvalue weighted by Crippen LogP contribution is 2.22. The van der Waals surface area contributed by atoms with Crippen LogP contribution in [0.15, 0.2) is 0 Å². The molecule has 1 unspecified atom stereocenters. The zero-order valence-corrected chi connectivity index (χ0v) is 13.1. The monoisotopic (exact) mass is 300 g/mol. The van der Waals surface area contributed by atoms with Crippen molar-refractivity contribution < 1.29 is 19.4 Å². The molecule has 1 saturated carbocycles. The summed E-state index contributed by atoms with van der Waals surface area (Å²) in [5.41, 5.74) is 0. The van der Waals surface area contributed by atoms with Crippen molar-refractivity contribution in [3.8, 4) is 0 Å². The van der Waals surface area contributed by atoms with Crippen LogP contribution >= 0.6 is 0 Å². The van der Waals surface area contributed by atoms with Crippen molar-refractivity contribution in [2.45, 2.75) is 64.0 Å². The highest BCUT2D eigenvalue weighted by molar-refractivity contribution is 5.74. The zero-order valence-electron chi connectivity index (χ0n) is 13.1. The van der Waals surface area contributed by atoms with Gasteiger partial charge in [0.15, 0.2) is 0 Å². The summed E-state index contributed by atoms with van der Waals surface area (Å²) in [6.07, 6.45) is 5.80. The number of urea groups is 1. The number of aliphatic carboxylic acids is 1. The van der Waals surface area contributed by atoms with Crippen molar-refractivity contribution >= 4 is 12.0 Å². The van der Waals surface area contributed by atoms with Gasteiger partial charge in [-0.2, -0.15) is 0 Å².